The minimum absolute atomic E-state index is 0.385. The standard InChI is InChI=1S/C9H11NO2.C8H16N2/c10-8(9(11)12)6-7-4-2-1-3-5-7;1-3-4-5-10-7-6-9(2)8-10/h1-5,8H,6,10H2,(H,11,12);6-7H,3-5,8H2,1-2H3/t8-;/m0./s1. The lowest BCUT2D eigenvalue weighted by Crippen LogP contribution is -2.32. The molecule has 2 rings (SSSR count). The third kappa shape index (κ3) is 7.13. The molecule has 122 valence electrons. The molecule has 22 heavy (non-hydrogen) atoms. The number of nitrogens with two attached hydrogens (primary N) is 1. The molecule has 0 fully saturated rings. The van der Waals surface area contributed by atoms with E-state index in [0.29, 0.717) is 6.42 Å². The van der Waals surface area contributed by atoms with Crippen molar-refractivity contribution in [2.75, 3.05) is 20.3 Å². The Morgan fingerprint density at radius 2 is 2.00 bits per heavy atom. The Morgan fingerprint density at radius 1 is 1.32 bits per heavy atom. The molecule has 1 heterocycles. The average molecular weight is 305 g/mol. The molecule has 0 unspecified atom stereocenters. The quantitative estimate of drug-likeness (QED) is 0.842. The normalized spacial score (nSPS) is 14.5. The van der Waals surface area contributed by atoms with Crippen LogP contribution >= 0.6 is 0 Å². The molecule has 0 radical (unpaired) electrons. The van der Waals surface area contributed by atoms with Crippen molar-refractivity contribution in [3.8, 4) is 0 Å². The maximum Gasteiger partial charge on any atom is 0.320 e. The number of carboxylic acids is 1. The average Bonchev–Trinajstić information content (AvgIpc) is 2.92. The number of hydrogen-bond donors (Lipinski definition) is 2. The first kappa shape index (κ1) is 18.0. The molecule has 1 aromatic rings. The maximum absolute atomic E-state index is 10.4. The predicted molar refractivity (Wildman–Crippen MR) is 89.1 cm³/mol. The van der Waals surface area contributed by atoms with E-state index in [1.54, 1.807) is 0 Å². The number of nitrogens with zero attached hydrogens (tertiary/aromatic N) is 2. The Hall–Kier alpha value is -2.01. The molecular formula is C17H27N3O2. The second-order valence-corrected chi connectivity index (χ2v) is 5.50. The van der Waals surface area contributed by atoms with Crippen LogP contribution in [0.5, 0.6) is 0 Å². The maximum atomic E-state index is 10.4. The van der Waals surface area contributed by atoms with Crippen molar-refractivity contribution < 1.29 is 9.90 Å². The van der Waals surface area contributed by atoms with Crippen LogP contribution in [0.2, 0.25) is 0 Å². The summed E-state index contributed by atoms with van der Waals surface area (Å²) >= 11 is 0. The van der Waals surface area contributed by atoms with Gasteiger partial charge in [0.15, 0.2) is 0 Å². The van der Waals surface area contributed by atoms with E-state index < -0.39 is 12.0 Å². The minimum Gasteiger partial charge on any atom is -0.480 e. The van der Waals surface area contributed by atoms with E-state index in [0.717, 1.165) is 12.2 Å². The lowest BCUT2D eigenvalue weighted by atomic mass is 10.1. The van der Waals surface area contributed by atoms with E-state index in [9.17, 15) is 4.79 Å². The van der Waals surface area contributed by atoms with Crippen LogP contribution in [0.15, 0.2) is 42.7 Å². The van der Waals surface area contributed by atoms with Crippen molar-refractivity contribution in [3.05, 3.63) is 48.3 Å². The molecule has 0 amide bonds. The fourth-order valence-corrected chi connectivity index (χ4v) is 2.05. The highest BCUT2D eigenvalue weighted by atomic mass is 16.4. The smallest absolute Gasteiger partial charge is 0.320 e. The fraction of sp³-hybridized carbons (Fsp3) is 0.471. The Labute approximate surface area is 133 Å². The molecule has 1 aliphatic rings. The molecular weight excluding hydrogens is 278 g/mol. The van der Waals surface area contributed by atoms with Crippen LogP contribution in [0, 0.1) is 0 Å². The zero-order valence-electron chi connectivity index (χ0n) is 13.5. The molecule has 0 saturated heterocycles. The summed E-state index contributed by atoms with van der Waals surface area (Å²) in [7, 11) is 2.10. The molecule has 0 bridgehead atoms. The number of carbonyl (C=O) groups is 1. The SMILES string of the molecule is CCCCN1C=CN(C)C1.N[C@@H](Cc1ccccc1)C(=O)O. The molecule has 0 aliphatic carbocycles. The third-order valence-corrected chi connectivity index (χ3v) is 3.35. The summed E-state index contributed by atoms with van der Waals surface area (Å²) in [4.78, 5) is 14.9. The van der Waals surface area contributed by atoms with Crippen molar-refractivity contribution in [1.29, 1.82) is 0 Å². The van der Waals surface area contributed by atoms with E-state index >= 15 is 0 Å². The Bertz CT molecular complexity index is 462. The van der Waals surface area contributed by atoms with Gasteiger partial charge in [-0.1, -0.05) is 43.7 Å². The number of benzene rings is 1. The molecule has 5 nitrogen and oxygen atoms in total. The first-order chi connectivity index (χ1) is 10.5. The van der Waals surface area contributed by atoms with E-state index in [1.165, 1.54) is 19.4 Å². The van der Waals surface area contributed by atoms with Gasteiger partial charge in [0.1, 0.15) is 6.04 Å². The Kier molecular flexibility index (Phi) is 8.07. The number of rotatable bonds is 6. The van der Waals surface area contributed by atoms with Gasteiger partial charge in [-0.25, -0.2) is 0 Å². The topological polar surface area (TPSA) is 69.8 Å². The zero-order valence-corrected chi connectivity index (χ0v) is 13.5. The molecule has 0 saturated carbocycles. The van der Waals surface area contributed by atoms with Crippen LogP contribution in [0.25, 0.3) is 0 Å². The van der Waals surface area contributed by atoms with Crippen molar-refractivity contribution in [2.24, 2.45) is 5.73 Å². The predicted octanol–water partition coefficient (Wildman–Crippen LogP) is 2.10. The van der Waals surface area contributed by atoms with E-state index in [-0.39, 0.29) is 0 Å². The fourth-order valence-electron chi connectivity index (χ4n) is 2.05. The van der Waals surface area contributed by atoms with Gasteiger partial charge < -0.3 is 20.6 Å². The lowest BCUT2D eigenvalue weighted by molar-refractivity contribution is -0.138. The zero-order chi connectivity index (χ0) is 16.4. The number of carboxylic acid groups (broad SMARTS) is 1. The van der Waals surface area contributed by atoms with Gasteiger partial charge in [-0.2, -0.15) is 0 Å². The lowest BCUT2D eigenvalue weighted by Gasteiger charge is -2.17. The minimum atomic E-state index is -0.959. The molecule has 1 atom stereocenters. The number of aliphatic carboxylic acids is 1. The molecule has 0 spiro atoms. The van der Waals surface area contributed by atoms with Crippen molar-refractivity contribution in [1.82, 2.24) is 9.80 Å². The first-order valence-corrected chi connectivity index (χ1v) is 7.67. The molecule has 1 aromatic carbocycles. The van der Waals surface area contributed by atoms with Gasteiger partial charge >= 0.3 is 5.97 Å². The Balaban J connectivity index is 0.000000224. The van der Waals surface area contributed by atoms with Crippen molar-refractivity contribution in [3.63, 3.8) is 0 Å². The highest BCUT2D eigenvalue weighted by molar-refractivity contribution is 5.73. The summed E-state index contributed by atoms with van der Waals surface area (Å²) in [5.74, 6) is -0.959. The highest BCUT2D eigenvalue weighted by Gasteiger charge is 2.11. The van der Waals surface area contributed by atoms with Crippen LogP contribution in [0.1, 0.15) is 25.3 Å². The molecule has 5 heteroatoms. The van der Waals surface area contributed by atoms with E-state index in [2.05, 4.69) is 36.2 Å². The van der Waals surface area contributed by atoms with Crippen LogP contribution in [0.3, 0.4) is 0 Å². The van der Waals surface area contributed by atoms with Crippen molar-refractivity contribution >= 4 is 5.97 Å². The van der Waals surface area contributed by atoms with Gasteiger partial charge in [-0.15, -0.1) is 0 Å². The molecule has 0 aromatic heterocycles. The third-order valence-electron chi connectivity index (χ3n) is 3.35. The monoisotopic (exact) mass is 305 g/mol. The summed E-state index contributed by atoms with van der Waals surface area (Å²) < 4.78 is 0. The summed E-state index contributed by atoms with van der Waals surface area (Å²) in [6, 6.07) is 8.54. The van der Waals surface area contributed by atoms with Gasteiger partial charge in [-0.3, -0.25) is 4.79 Å². The first-order valence-electron chi connectivity index (χ1n) is 7.67. The van der Waals surface area contributed by atoms with Crippen LogP contribution in [-0.4, -0.2) is 47.2 Å². The second-order valence-electron chi connectivity index (χ2n) is 5.50. The van der Waals surface area contributed by atoms with Gasteiger partial charge in [0.05, 0.1) is 6.67 Å². The summed E-state index contributed by atoms with van der Waals surface area (Å²) in [5.41, 5.74) is 6.30. The summed E-state index contributed by atoms with van der Waals surface area (Å²) in [6.07, 6.45) is 7.26. The van der Waals surface area contributed by atoms with E-state index in [4.69, 9.17) is 10.8 Å². The summed E-state index contributed by atoms with van der Waals surface area (Å²) in [5, 5.41) is 8.52. The number of unbranched alkanes of at least 4 members (excludes halogenated alkanes) is 1. The highest BCUT2D eigenvalue weighted by Crippen LogP contribution is 2.04. The Morgan fingerprint density at radius 3 is 2.50 bits per heavy atom. The summed E-state index contributed by atoms with van der Waals surface area (Å²) in [6.45, 7) is 4.50. The van der Waals surface area contributed by atoms with E-state index in [1.807, 2.05) is 30.3 Å². The second kappa shape index (κ2) is 9.84. The van der Waals surface area contributed by atoms with Gasteiger partial charge in [0, 0.05) is 26.0 Å². The molecule has 3 N–H and O–H groups in total. The van der Waals surface area contributed by atoms with Crippen molar-refractivity contribution in [2.45, 2.75) is 32.2 Å². The molecule has 1 aliphatic heterocycles. The largest absolute Gasteiger partial charge is 0.480 e. The van der Waals surface area contributed by atoms with Gasteiger partial charge in [0.2, 0.25) is 0 Å². The van der Waals surface area contributed by atoms with Crippen LogP contribution in [0.4, 0.5) is 0 Å². The number of hydrogen-bond acceptors (Lipinski definition) is 4. The van der Waals surface area contributed by atoms with Crippen LogP contribution in [-0.2, 0) is 11.2 Å². The van der Waals surface area contributed by atoms with Gasteiger partial charge in [0.25, 0.3) is 0 Å². The van der Waals surface area contributed by atoms with Gasteiger partial charge in [-0.05, 0) is 18.4 Å². The van der Waals surface area contributed by atoms with Crippen LogP contribution < -0.4 is 5.73 Å².